The lowest BCUT2D eigenvalue weighted by Gasteiger charge is -2.18. The molecule has 10 rings (SSSR count). The Balaban J connectivity index is 1.15. The third-order valence-electron chi connectivity index (χ3n) is 8.27. The van der Waals surface area contributed by atoms with Crippen molar-refractivity contribution in [2.24, 2.45) is 11.8 Å². The summed E-state index contributed by atoms with van der Waals surface area (Å²) in [6, 6.07) is 15.4. The van der Waals surface area contributed by atoms with Gasteiger partial charge in [0.1, 0.15) is 17.7 Å². The van der Waals surface area contributed by atoms with Crippen LogP contribution in [0.25, 0.3) is 39.0 Å². The summed E-state index contributed by atoms with van der Waals surface area (Å²) >= 11 is 6.35. The Morgan fingerprint density at radius 1 is 1.00 bits per heavy atom. The molecular weight excluding hydrogens is 490 g/mol. The number of hydrogen-bond acceptors (Lipinski definition) is 6. The summed E-state index contributed by atoms with van der Waals surface area (Å²) in [5, 5.41) is 20.2. The van der Waals surface area contributed by atoms with Gasteiger partial charge >= 0.3 is 0 Å². The van der Waals surface area contributed by atoms with Crippen LogP contribution in [-0.2, 0) is 5.54 Å². The molecular formula is C26H16ClN9O. The Morgan fingerprint density at radius 3 is 2.78 bits per heavy atom. The number of rotatable bonds is 4. The molecule has 178 valence electrons. The van der Waals surface area contributed by atoms with E-state index in [0.717, 1.165) is 50.5 Å². The summed E-state index contributed by atoms with van der Waals surface area (Å²) in [6.07, 6.45) is 5.20. The highest BCUT2D eigenvalue weighted by molar-refractivity contribution is 6.31. The van der Waals surface area contributed by atoms with Crippen molar-refractivity contribution in [2.75, 3.05) is 0 Å². The molecule has 2 unspecified atom stereocenters. The predicted molar refractivity (Wildman–Crippen MR) is 134 cm³/mol. The maximum Gasteiger partial charge on any atom is 0.252 e. The van der Waals surface area contributed by atoms with Gasteiger partial charge in [-0.3, -0.25) is 14.5 Å². The zero-order valence-electron chi connectivity index (χ0n) is 19.0. The zero-order valence-corrected chi connectivity index (χ0v) is 19.8. The zero-order chi connectivity index (χ0) is 24.5. The van der Waals surface area contributed by atoms with E-state index in [0.29, 0.717) is 22.8 Å². The molecule has 2 N–H and O–H groups in total. The van der Waals surface area contributed by atoms with Gasteiger partial charge in [0.15, 0.2) is 0 Å². The molecule has 0 saturated heterocycles. The molecule has 2 fully saturated rings. The van der Waals surface area contributed by atoms with Crippen LogP contribution in [0.2, 0.25) is 5.02 Å². The van der Waals surface area contributed by atoms with Crippen LogP contribution in [0, 0.1) is 11.8 Å². The number of nitrogens with one attached hydrogen (secondary N) is 2. The maximum atomic E-state index is 13.6. The predicted octanol–water partition coefficient (Wildman–Crippen LogP) is 3.51. The van der Waals surface area contributed by atoms with Crippen LogP contribution >= 0.6 is 11.6 Å². The van der Waals surface area contributed by atoms with Crippen molar-refractivity contribution in [3.05, 3.63) is 94.1 Å². The smallest absolute Gasteiger partial charge is 0.252 e. The molecule has 4 aliphatic rings. The first kappa shape index (κ1) is 19.6. The molecule has 2 aliphatic heterocycles. The minimum Gasteiger partial charge on any atom is -0.340 e. The van der Waals surface area contributed by atoms with Gasteiger partial charge in [-0.25, -0.2) is 4.98 Å². The van der Waals surface area contributed by atoms with E-state index in [1.807, 2.05) is 41.2 Å². The van der Waals surface area contributed by atoms with E-state index in [4.69, 9.17) is 16.6 Å². The van der Waals surface area contributed by atoms with Gasteiger partial charge in [0.2, 0.25) is 0 Å². The van der Waals surface area contributed by atoms with Crippen LogP contribution in [0.3, 0.4) is 0 Å². The number of halogens is 1. The fourth-order valence-corrected chi connectivity index (χ4v) is 6.81. The molecule has 11 heteroatoms. The first-order valence-electron chi connectivity index (χ1n) is 11.9. The van der Waals surface area contributed by atoms with E-state index < -0.39 is 0 Å². The van der Waals surface area contributed by atoms with E-state index in [9.17, 15) is 4.79 Å². The van der Waals surface area contributed by atoms with Crippen molar-refractivity contribution in [2.45, 2.75) is 11.5 Å². The molecule has 2 aliphatic carbocycles. The molecule has 2 saturated carbocycles. The Morgan fingerprint density at radius 2 is 1.92 bits per heavy atom. The lowest BCUT2D eigenvalue weighted by Crippen LogP contribution is -2.32. The number of aromatic nitrogens is 9. The average molecular weight is 506 g/mol. The van der Waals surface area contributed by atoms with E-state index in [-0.39, 0.29) is 11.1 Å². The lowest BCUT2D eigenvalue weighted by atomic mass is 10.00. The van der Waals surface area contributed by atoms with Crippen LogP contribution in [0.4, 0.5) is 0 Å². The van der Waals surface area contributed by atoms with Crippen molar-refractivity contribution in [3.8, 4) is 28.1 Å². The van der Waals surface area contributed by atoms with Gasteiger partial charge in [0, 0.05) is 51.0 Å². The number of aromatic amines is 2. The molecule has 2 atom stereocenters. The molecule has 6 heterocycles. The Bertz CT molecular complexity index is 1960. The van der Waals surface area contributed by atoms with Crippen LogP contribution in [0.15, 0.2) is 72.0 Å². The van der Waals surface area contributed by atoms with Crippen molar-refractivity contribution < 1.29 is 0 Å². The largest absolute Gasteiger partial charge is 0.340 e. The molecule has 2 aromatic carbocycles. The molecule has 0 radical (unpaired) electrons. The van der Waals surface area contributed by atoms with Crippen LogP contribution < -0.4 is 5.56 Å². The quantitative estimate of drug-likeness (QED) is 0.378. The number of nitrogens with zero attached hydrogens (tertiary/aromatic N) is 7. The number of benzene rings is 2. The van der Waals surface area contributed by atoms with E-state index in [1.165, 1.54) is 6.33 Å². The van der Waals surface area contributed by atoms with Gasteiger partial charge in [0.25, 0.3) is 5.56 Å². The minimum absolute atomic E-state index is 0.0413. The molecule has 0 spiro atoms. The topological polar surface area (TPSA) is 123 Å². The summed E-state index contributed by atoms with van der Waals surface area (Å²) in [7, 11) is 0. The normalized spacial score (nSPS) is 24.3. The highest BCUT2D eigenvalue weighted by Gasteiger charge is 2.92. The van der Waals surface area contributed by atoms with E-state index in [2.05, 4.69) is 42.8 Å². The Hall–Kier alpha value is -4.57. The molecule has 0 amide bonds. The Kier molecular flexibility index (Phi) is 3.39. The SMILES string of the molecule is O=c1cc(-c2cc(Cl)ccc2-n2cnnn2)cc2n1C1(c3ncc(-c4ccc5[nH]ncc5c4)[nH]3)C3C2C31. The van der Waals surface area contributed by atoms with Gasteiger partial charge in [-0.05, 0) is 52.4 Å². The molecule has 10 nitrogen and oxygen atoms in total. The van der Waals surface area contributed by atoms with E-state index in [1.54, 1.807) is 16.8 Å². The summed E-state index contributed by atoms with van der Waals surface area (Å²) in [5.41, 5.74) is 5.97. The lowest BCUT2D eigenvalue weighted by molar-refractivity contribution is 0.452. The second kappa shape index (κ2) is 6.40. The summed E-state index contributed by atoms with van der Waals surface area (Å²) < 4.78 is 3.54. The van der Waals surface area contributed by atoms with Gasteiger partial charge < -0.3 is 4.98 Å². The highest BCUT2D eigenvalue weighted by Crippen LogP contribution is 2.89. The second-order valence-corrected chi connectivity index (χ2v) is 10.4. The van der Waals surface area contributed by atoms with Crippen LogP contribution in [0.1, 0.15) is 17.4 Å². The number of hydrogen-bond donors (Lipinski definition) is 2. The summed E-state index contributed by atoms with van der Waals surface area (Å²) in [4.78, 5) is 21.9. The first-order valence-corrected chi connectivity index (χ1v) is 12.3. The third kappa shape index (κ3) is 2.36. The van der Waals surface area contributed by atoms with Crippen LogP contribution in [-0.4, -0.2) is 44.9 Å². The number of fused-ring (bicyclic) bond motifs is 1. The Labute approximate surface area is 212 Å². The average Bonchev–Trinajstić information content (AvgIpc) is 3.39. The van der Waals surface area contributed by atoms with Crippen molar-refractivity contribution >= 4 is 22.5 Å². The number of tetrazole rings is 1. The standard InChI is InChI=1S/C26H16ClN9O/c27-15-2-4-19(35-11-30-33-34-35)16(8-15)13-6-20-22-23-24(22)26(23,36(20)21(37)7-13)25-28-10-18(31-25)12-1-3-17-14(5-12)9-29-32-17/h1-11,22-24H,(H,28,31)(H,29,32). The monoisotopic (exact) mass is 505 g/mol. The molecule has 6 aromatic rings. The second-order valence-electron chi connectivity index (χ2n) is 9.98. The summed E-state index contributed by atoms with van der Waals surface area (Å²) in [5.74, 6) is 2.04. The number of pyridine rings is 1. The van der Waals surface area contributed by atoms with Gasteiger partial charge in [0.05, 0.1) is 29.3 Å². The first-order chi connectivity index (χ1) is 18.1. The maximum absolute atomic E-state index is 13.6. The van der Waals surface area contributed by atoms with Gasteiger partial charge in [-0.15, -0.1) is 5.10 Å². The van der Waals surface area contributed by atoms with Crippen molar-refractivity contribution in [3.63, 3.8) is 0 Å². The third-order valence-corrected chi connectivity index (χ3v) is 8.51. The number of H-pyrrole nitrogens is 2. The molecule has 37 heavy (non-hydrogen) atoms. The summed E-state index contributed by atoms with van der Waals surface area (Å²) in [6.45, 7) is 0. The van der Waals surface area contributed by atoms with Crippen molar-refractivity contribution in [1.29, 1.82) is 0 Å². The fraction of sp³-hybridized carbons (Fsp3) is 0.154. The molecule has 2 bridgehead atoms. The van der Waals surface area contributed by atoms with E-state index >= 15 is 0 Å². The van der Waals surface area contributed by atoms with Crippen LogP contribution in [0.5, 0.6) is 0 Å². The van der Waals surface area contributed by atoms with Crippen molar-refractivity contribution in [1.82, 2.24) is 44.9 Å². The molecule has 4 aromatic heterocycles. The number of imidazole rings is 1. The van der Waals surface area contributed by atoms with Gasteiger partial charge in [-0.1, -0.05) is 17.7 Å². The highest BCUT2D eigenvalue weighted by atomic mass is 35.5. The minimum atomic E-state index is -0.374. The van der Waals surface area contributed by atoms with Gasteiger partial charge in [-0.2, -0.15) is 9.78 Å². The fourth-order valence-electron chi connectivity index (χ4n) is 6.64.